The van der Waals surface area contributed by atoms with Crippen LogP contribution in [0.1, 0.15) is 16.7 Å². The molecular formula is C21H26IN5S. The summed E-state index contributed by atoms with van der Waals surface area (Å²) in [6.07, 6.45) is 5.83. The van der Waals surface area contributed by atoms with Crippen molar-refractivity contribution in [2.45, 2.75) is 24.9 Å². The molecule has 7 heteroatoms. The number of nitrogens with one attached hydrogen (secondary N) is 2. The summed E-state index contributed by atoms with van der Waals surface area (Å²) in [6.45, 7) is 3.58. The van der Waals surface area contributed by atoms with Crippen molar-refractivity contribution in [3.8, 4) is 5.69 Å². The van der Waals surface area contributed by atoms with E-state index >= 15 is 0 Å². The van der Waals surface area contributed by atoms with Crippen molar-refractivity contribution in [2.24, 2.45) is 4.99 Å². The third-order valence-corrected chi connectivity index (χ3v) is 5.10. The van der Waals surface area contributed by atoms with Gasteiger partial charge in [0.25, 0.3) is 0 Å². The molecule has 148 valence electrons. The molecule has 0 aliphatic carbocycles. The molecule has 0 aliphatic heterocycles. The first-order valence-corrected chi connectivity index (χ1v) is 10.1. The third-order valence-electron chi connectivity index (χ3n) is 4.28. The van der Waals surface area contributed by atoms with Gasteiger partial charge in [-0.1, -0.05) is 24.3 Å². The van der Waals surface area contributed by atoms with Crippen LogP contribution < -0.4 is 10.6 Å². The predicted molar refractivity (Wildman–Crippen MR) is 129 cm³/mol. The quantitative estimate of drug-likeness (QED) is 0.225. The van der Waals surface area contributed by atoms with Gasteiger partial charge >= 0.3 is 0 Å². The van der Waals surface area contributed by atoms with E-state index in [-0.39, 0.29) is 24.0 Å². The van der Waals surface area contributed by atoms with Crippen LogP contribution in [0, 0.1) is 6.92 Å². The van der Waals surface area contributed by atoms with Crippen LogP contribution in [-0.2, 0) is 13.1 Å². The van der Waals surface area contributed by atoms with Gasteiger partial charge in [0, 0.05) is 37.4 Å². The Morgan fingerprint density at radius 3 is 2.50 bits per heavy atom. The van der Waals surface area contributed by atoms with Crippen LogP contribution >= 0.6 is 35.7 Å². The maximum atomic E-state index is 4.32. The van der Waals surface area contributed by atoms with Gasteiger partial charge in [-0.3, -0.25) is 4.99 Å². The van der Waals surface area contributed by atoms with E-state index in [0.29, 0.717) is 6.54 Å². The standard InChI is InChI=1S/C21H25N5S.HI/c1-16-5-8-18(20(13-16)27-3)15-24-21(22-2)23-14-17-6-9-19(10-7-17)26-12-4-11-25-26;/h4-13H,14-15H2,1-3H3,(H2,22,23,24);1H. The number of thioether (sulfide) groups is 1. The van der Waals surface area contributed by atoms with Crippen molar-refractivity contribution >= 4 is 41.7 Å². The minimum Gasteiger partial charge on any atom is -0.352 e. The number of aryl methyl sites for hydroxylation is 1. The Balaban J connectivity index is 0.00000280. The Hall–Kier alpha value is -2.00. The van der Waals surface area contributed by atoms with E-state index in [1.165, 1.54) is 21.6 Å². The molecule has 0 aliphatic rings. The summed E-state index contributed by atoms with van der Waals surface area (Å²) in [5, 5.41) is 11.0. The number of rotatable bonds is 6. The molecule has 0 saturated carbocycles. The molecular weight excluding hydrogens is 481 g/mol. The summed E-state index contributed by atoms with van der Waals surface area (Å²) in [5.74, 6) is 0.791. The molecule has 0 atom stereocenters. The van der Waals surface area contributed by atoms with Gasteiger partial charge in [-0.2, -0.15) is 5.10 Å². The molecule has 0 unspecified atom stereocenters. The van der Waals surface area contributed by atoms with Crippen molar-refractivity contribution < 1.29 is 0 Å². The second-order valence-corrected chi connectivity index (χ2v) is 7.06. The van der Waals surface area contributed by atoms with Crippen LogP contribution in [0.25, 0.3) is 5.69 Å². The predicted octanol–water partition coefficient (Wildman–Crippen LogP) is 4.39. The Kier molecular flexibility index (Phi) is 8.85. The Morgan fingerprint density at radius 1 is 1.11 bits per heavy atom. The monoisotopic (exact) mass is 507 g/mol. The zero-order valence-corrected chi connectivity index (χ0v) is 19.5. The number of aliphatic imine (C=N–C) groups is 1. The summed E-state index contributed by atoms with van der Waals surface area (Å²) in [5.41, 5.74) is 4.80. The van der Waals surface area contributed by atoms with Crippen molar-refractivity contribution in [1.82, 2.24) is 20.4 Å². The van der Waals surface area contributed by atoms with E-state index in [2.05, 4.69) is 76.4 Å². The molecule has 3 aromatic rings. The second-order valence-electron chi connectivity index (χ2n) is 6.21. The molecule has 0 radical (unpaired) electrons. The highest BCUT2D eigenvalue weighted by atomic mass is 127. The summed E-state index contributed by atoms with van der Waals surface area (Å²) in [7, 11) is 1.79. The Bertz CT molecular complexity index is 892. The fraction of sp³-hybridized carbons (Fsp3) is 0.238. The summed E-state index contributed by atoms with van der Waals surface area (Å²) in [6, 6.07) is 16.8. The molecule has 0 saturated heterocycles. The number of benzene rings is 2. The molecule has 2 aromatic carbocycles. The molecule has 2 N–H and O–H groups in total. The topological polar surface area (TPSA) is 54.2 Å². The van der Waals surface area contributed by atoms with Gasteiger partial charge in [-0.25, -0.2) is 4.68 Å². The highest BCUT2D eigenvalue weighted by Crippen LogP contribution is 2.21. The number of hydrogen-bond acceptors (Lipinski definition) is 3. The van der Waals surface area contributed by atoms with Crippen LogP contribution in [0.2, 0.25) is 0 Å². The molecule has 28 heavy (non-hydrogen) atoms. The lowest BCUT2D eigenvalue weighted by Gasteiger charge is -2.14. The van der Waals surface area contributed by atoms with Gasteiger partial charge < -0.3 is 10.6 Å². The van der Waals surface area contributed by atoms with Crippen molar-refractivity contribution in [1.29, 1.82) is 0 Å². The average Bonchev–Trinajstić information content (AvgIpc) is 3.24. The van der Waals surface area contributed by atoms with E-state index < -0.39 is 0 Å². The SMILES string of the molecule is CN=C(NCc1ccc(-n2cccn2)cc1)NCc1ccc(C)cc1SC.I. The number of guanidine groups is 1. The highest BCUT2D eigenvalue weighted by Gasteiger charge is 2.04. The van der Waals surface area contributed by atoms with Crippen molar-refractivity contribution in [3.63, 3.8) is 0 Å². The van der Waals surface area contributed by atoms with Gasteiger partial charge in [-0.05, 0) is 54.1 Å². The van der Waals surface area contributed by atoms with Gasteiger partial charge in [-0.15, -0.1) is 35.7 Å². The van der Waals surface area contributed by atoms with E-state index in [1.807, 2.05) is 16.9 Å². The highest BCUT2D eigenvalue weighted by molar-refractivity contribution is 14.0. The molecule has 0 bridgehead atoms. The van der Waals surface area contributed by atoms with Gasteiger partial charge in [0.1, 0.15) is 0 Å². The van der Waals surface area contributed by atoms with Crippen LogP contribution in [-0.4, -0.2) is 29.0 Å². The fourth-order valence-electron chi connectivity index (χ4n) is 2.77. The maximum absolute atomic E-state index is 4.32. The first-order valence-electron chi connectivity index (χ1n) is 8.86. The Morgan fingerprint density at radius 2 is 1.86 bits per heavy atom. The van der Waals surface area contributed by atoms with Crippen LogP contribution in [0.3, 0.4) is 0 Å². The fourth-order valence-corrected chi connectivity index (χ4v) is 3.48. The zero-order chi connectivity index (χ0) is 19.1. The molecule has 5 nitrogen and oxygen atoms in total. The lowest BCUT2D eigenvalue weighted by molar-refractivity contribution is 0.800. The number of nitrogens with zero attached hydrogens (tertiary/aromatic N) is 3. The van der Waals surface area contributed by atoms with E-state index in [4.69, 9.17) is 0 Å². The van der Waals surface area contributed by atoms with E-state index in [0.717, 1.165) is 18.2 Å². The maximum Gasteiger partial charge on any atom is 0.191 e. The lowest BCUT2D eigenvalue weighted by Crippen LogP contribution is -2.36. The van der Waals surface area contributed by atoms with E-state index in [1.54, 1.807) is 25.0 Å². The largest absolute Gasteiger partial charge is 0.352 e. The Labute approximate surface area is 188 Å². The summed E-state index contributed by atoms with van der Waals surface area (Å²) >= 11 is 1.77. The minimum absolute atomic E-state index is 0. The average molecular weight is 507 g/mol. The van der Waals surface area contributed by atoms with Gasteiger partial charge in [0.05, 0.1) is 5.69 Å². The molecule has 1 aromatic heterocycles. The first-order chi connectivity index (χ1) is 13.2. The van der Waals surface area contributed by atoms with Gasteiger partial charge in [0.15, 0.2) is 5.96 Å². The van der Waals surface area contributed by atoms with Crippen molar-refractivity contribution in [2.75, 3.05) is 13.3 Å². The smallest absolute Gasteiger partial charge is 0.191 e. The zero-order valence-electron chi connectivity index (χ0n) is 16.3. The van der Waals surface area contributed by atoms with Crippen LogP contribution in [0.4, 0.5) is 0 Å². The number of hydrogen-bond donors (Lipinski definition) is 2. The summed E-state index contributed by atoms with van der Waals surface area (Å²) < 4.78 is 1.85. The van der Waals surface area contributed by atoms with Crippen LogP contribution in [0.15, 0.2) is 70.8 Å². The number of aromatic nitrogens is 2. The molecule has 0 fully saturated rings. The third kappa shape index (κ3) is 6.00. The molecule has 1 heterocycles. The molecule has 0 amide bonds. The van der Waals surface area contributed by atoms with Gasteiger partial charge in [0.2, 0.25) is 0 Å². The van der Waals surface area contributed by atoms with Crippen molar-refractivity contribution in [3.05, 3.63) is 77.6 Å². The summed E-state index contributed by atoms with van der Waals surface area (Å²) in [4.78, 5) is 5.62. The lowest BCUT2D eigenvalue weighted by atomic mass is 10.1. The molecule has 0 spiro atoms. The molecule has 3 rings (SSSR count). The minimum atomic E-state index is 0. The second kappa shape index (κ2) is 11.1. The van der Waals surface area contributed by atoms with Crippen LogP contribution in [0.5, 0.6) is 0 Å². The first kappa shape index (κ1) is 22.3. The number of halogens is 1. The van der Waals surface area contributed by atoms with E-state index in [9.17, 15) is 0 Å². The normalized spacial score (nSPS) is 11.0.